The van der Waals surface area contributed by atoms with Gasteiger partial charge in [-0.15, -0.1) is 11.3 Å². The summed E-state index contributed by atoms with van der Waals surface area (Å²) in [5, 5.41) is 10.9. The number of aryl methyl sites for hydroxylation is 2. The van der Waals surface area contributed by atoms with Crippen molar-refractivity contribution in [2.75, 3.05) is 26.8 Å². The average molecular weight is 380 g/mol. The highest BCUT2D eigenvalue weighted by Crippen LogP contribution is 2.34. The first kappa shape index (κ1) is 19.5. The van der Waals surface area contributed by atoms with Gasteiger partial charge in [-0.25, -0.2) is 4.98 Å². The van der Waals surface area contributed by atoms with Gasteiger partial charge in [-0.1, -0.05) is 13.8 Å². The summed E-state index contributed by atoms with van der Waals surface area (Å²) in [5.74, 6) is 1.25. The van der Waals surface area contributed by atoms with Crippen LogP contribution >= 0.6 is 11.3 Å². The van der Waals surface area contributed by atoms with Crippen LogP contribution in [0.4, 0.5) is 0 Å². The topological polar surface area (TPSA) is 78.5 Å². The Kier molecular flexibility index (Phi) is 6.45. The quantitative estimate of drug-likeness (QED) is 0.699. The van der Waals surface area contributed by atoms with Crippen molar-refractivity contribution in [1.29, 1.82) is 0 Å². The number of rotatable bonds is 9. The molecule has 26 heavy (non-hydrogen) atoms. The highest BCUT2D eigenvalue weighted by Gasteiger charge is 2.22. The molecule has 2 aromatic heterocycles. The van der Waals surface area contributed by atoms with E-state index >= 15 is 0 Å². The molecule has 0 aliphatic heterocycles. The second kappa shape index (κ2) is 8.61. The van der Waals surface area contributed by atoms with Crippen LogP contribution in [-0.2, 0) is 24.1 Å². The highest BCUT2D eigenvalue weighted by molar-refractivity contribution is 7.18. The Balaban J connectivity index is 1.79. The van der Waals surface area contributed by atoms with Gasteiger partial charge in [0, 0.05) is 18.5 Å². The lowest BCUT2D eigenvalue weighted by molar-refractivity contribution is 0.0342. The molecule has 0 aromatic carbocycles. The first-order chi connectivity index (χ1) is 12.5. The zero-order chi connectivity index (χ0) is 18.7. The molecule has 3 rings (SSSR count). The first-order valence-electron chi connectivity index (χ1n) is 9.40. The Hall–Kier alpha value is -1.28. The number of aromatic nitrogens is 2. The third kappa shape index (κ3) is 4.52. The Morgan fingerprint density at radius 1 is 1.38 bits per heavy atom. The lowest BCUT2D eigenvalue weighted by Crippen LogP contribution is -2.36. The summed E-state index contributed by atoms with van der Waals surface area (Å²) in [7, 11) is 1.59. The van der Waals surface area contributed by atoms with Crippen molar-refractivity contribution in [3.05, 3.63) is 26.6 Å². The van der Waals surface area contributed by atoms with E-state index in [0.717, 1.165) is 42.4 Å². The molecule has 1 aliphatic rings. The SMILES string of the molecule is COC[C@H](O)CN(CCC(C)C)Cc1nc2sc3c(c2c(=O)[nH]1)CCC3. The molecule has 0 bridgehead atoms. The zero-order valence-electron chi connectivity index (χ0n) is 15.9. The summed E-state index contributed by atoms with van der Waals surface area (Å²) < 4.78 is 5.04. The molecular formula is C19H29N3O3S. The number of aliphatic hydroxyl groups is 1. The van der Waals surface area contributed by atoms with E-state index in [-0.39, 0.29) is 5.56 Å². The summed E-state index contributed by atoms with van der Waals surface area (Å²) >= 11 is 1.66. The van der Waals surface area contributed by atoms with E-state index in [0.29, 0.717) is 31.4 Å². The van der Waals surface area contributed by atoms with Crippen LogP contribution < -0.4 is 5.56 Å². The van der Waals surface area contributed by atoms with Gasteiger partial charge in [0.1, 0.15) is 10.7 Å². The van der Waals surface area contributed by atoms with Gasteiger partial charge in [0.05, 0.1) is 24.6 Å². The van der Waals surface area contributed by atoms with Crippen molar-refractivity contribution in [2.45, 2.75) is 52.2 Å². The molecule has 0 saturated heterocycles. The lowest BCUT2D eigenvalue weighted by Gasteiger charge is -2.25. The van der Waals surface area contributed by atoms with Gasteiger partial charge >= 0.3 is 0 Å². The maximum absolute atomic E-state index is 12.6. The molecule has 7 heteroatoms. The monoisotopic (exact) mass is 379 g/mol. The van der Waals surface area contributed by atoms with Crippen molar-refractivity contribution < 1.29 is 9.84 Å². The van der Waals surface area contributed by atoms with E-state index in [9.17, 15) is 9.90 Å². The third-order valence-electron chi connectivity index (χ3n) is 4.85. The van der Waals surface area contributed by atoms with Gasteiger partial charge < -0.3 is 14.8 Å². The second-order valence-corrected chi connectivity index (χ2v) is 8.66. The second-order valence-electron chi connectivity index (χ2n) is 7.58. The van der Waals surface area contributed by atoms with Gasteiger partial charge in [-0.3, -0.25) is 9.69 Å². The van der Waals surface area contributed by atoms with E-state index in [1.165, 1.54) is 10.4 Å². The van der Waals surface area contributed by atoms with Crippen LogP contribution in [0.15, 0.2) is 4.79 Å². The summed E-state index contributed by atoms with van der Waals surface area (Å²) in [6, 6.07) is 0. The lowest BCUT2D eigenvalue weighted by atomic mass is 10.1. The van der Waals surface area contributed by atoms with Crippen LogP contribution in [0.5, 0.6) is 0 Å². The van der Waals surface area contributed by atoms with Crippen LogP contribution in [0.25, 0.3) is 10.2 Å². The van der Waals surface area contributed by atoms with Gasteiger partial charge in [0.25, 0.3) is 5.56 Å². The molecular weight excluding hydrogens is 350 g/mol. The minimum absolute atomic E-state index is 0.0225. The Morgan fingerprint density at radius 2 is 2.19 bits per heavy atom. The normalized spacial score (nSPS) is 15.3. The first-order valence-corrected chi connectivity index (χ1v) is 10.2. The number of ether oxygens (including phenoxy) is 1. The molecule has 144 valence electrons. The number of thiophene rings is 1. The number of aromatic amines is 1. The molecule has 2 heterocycles. The van der Waals surface area contributed by atoms with Crippen molar-refractivity contribution >= 4 is 21.6 Å². The van der Waals surface area contributed by atoms with Crippen LogP contribution in [0, 0.1) is 5.92 Å². The molecule has 0 radical (unpaired) electrons. The highest BCUT2D eigenvalue weighted by atomic mass is 32.1. The summed E-state index contributed by atoms with van der Waals surface area (Å²) in [6.07, 6.45) is 3.67. The summed E-state index contributed by atoms with van der Waals surface area (Å²) in [4.78, 5) is 24.6. The van der Waals surface area contributed by atoms with Crippen LogP contribution in [0.1, 0.15) is 43.0 Å². The Labute approximate surface area is 158 Å². The predicted molar refractivity (Wildman–Crippen MR) is 105 cm³/mol. The van der Waals surface area contributed by atoms with Gasteiger partial charge in [-0.2, -0.15) is 0 Å². The fourth-order valence-corrected chi connectivity index (χ4v) is 4.83. The fraction of sp³-hybridized carbons (Fsp3) is 0.684. The van der Waals surface area contributed by atoms with E-state index < -0.39 is 6.10 Å². The van der Waals surface area contributed by atoms with Crippen LogP contribution in [0.3, 0.4) is 0 Å². The number of nitrogens with zero attached hydrogens (tertiary/aromatic N) is 2. The smallest absolute Gasteiger partial charge is 0.259 e. The molecule has 0 unspecified atom stereocenters. The molecule has 1 aliphatic carbocycles. The number of methoxy groups -OCH3 is 1. The average Bonchev–Trinajstić information content (AvgIpc) is 3.13. The summed E-state index contributed by atoms with van der Waals surface area (Å²) in [5.41, 5.74) is 1.18. The van der Waals surface area contributed by atoms with E-state index in [4.69, 9.17) is 9.72 Å². The van der Waals surface area contributed by atoms with E-state index in [1.807, 2.05) is 0 Å². The van der Waals surface area contributed by atoms with E-state index in [1.54, 1.807) is 18.4 Å². The molecule has 6 nitrogen and oxygen atoms in total. The number of H-pyrrole nitrogens is 1. The number of hydrogen-bond donors (Lipinski definition) is 2. The number of fused-ring (bicyclic) bond motifs is 3. The fourth-order valence-electron chi connectivity index (χ4n) is 3.55. The Morgan fingerprint density at radius 3 is 2.92 bits per heavy atom. The number of nitrogens with one attached hydrogen (secondary N) is 1. The third-order valence-corrected chi connectivity index (χ3v) is 6.03. The predicted octanol–water partition coefficient (Wildman–Crippen LogP) is 2.33. The minimum atomic E-state index is -0.548. The maximum Gasteiger partial charge on any atom is 0.259 e. The molecule has 2 aromatic rings. The largest absolute Gasteiger partial charge is 0.389 e. The molecule has 2 N–H and O–H groups in total. The Bertz CT molecular complexity index is 799. The molecule has 0 spiro atoms. The van der Waals surface area contributed by atoms with Gasteiger partial charge in [0.15, 0.2) is 0 Å². The van der Waals surface area contributed by atoms with Gasteiger partial charge in [-0.05, 0) is 43.7 Å². The van der Waals surface area contributed by atoms with E-state index in [2.05, 4.69) is 23.7 Å². The number of hydrogen-bond acceptors (Lipinski definition) is 6. The van der Waals surface area contributed by atoms with Crippen molar-refractivity contribution in [3.8, 4) is 0 Å². The van der Waals surface area contributed by atoms with Crippen molar-refractivity contribution in [2.24, 2.45) is 5.92 Å². The molecule has 1 atom stereocenters. The summed E-state index contributed by atoms with van der Waals surface area (Å²) in [6.45, 7) is 6.55. The zero-order valence-corrected chi connectivity index (χ0v) is 16.7. The molecule has 0 fully saturated rings. The molecule has 0 amide bonds. The van der Waals surface area contributed by atoms with Crippen LogP contribution in [0.2, 0.25) is 0 Å². The minimum Gasteiger partial charge on any atom is -0.389 e. The van der Waals surface area contributed by atoms with Gasteiger partial charge in [0.2, 0.25) is 0 Å². The van der Waals surface area contributed by atoms with Crippen molar-refractivity contribution in [1.82, 2.24) is 14.9 Å². The maximum atomic E-state index is 12.6. The standard InChI is InChI=1S/C19H29N3O3S/c1-12(2)7-8-22(9-13(23)11-25-3)10-16-20-18(24)17-14-5-4-6-15(14)26-19(17)21-16/h12-13,23H,4-11H2,1-3H3,(H,20,21,24)/t13-/m1/s1. The number of aliphatic hydroxyl groups excluding tert-OH is 1. The van der Waals surface area contributed by atoms with Crippen LogP contribution in [-0.4, -0.2) is 52.9 Å². The molecule has 0 saturated carbocycles. The van der Waals surface area contributed by atoms with Crippen molar-refractivity contribution in [3.63, 3.8) is 0 Å².